The Labute approximate surface area is 131 Å². The number of ether oxygens (including phenoxy) is 2. The molecule has 0 aromatic rings. The van der Waals surface area contributed by atoms with Gasteiger partial charge >= 0.3 is 0 Å². The molecule has 0 saturated heterocycles. The Kier molecular flexibility index (Phi) is 9.49. The highest BCUT2D eigenvalue weighted by atomic mass is 16.5. The van der Waals surface area contributed by atoms with Gasteiger partial charge in [-0.15, -0.1) is 0 Å². The number of likely N-dealkylation sites (N-methyl/N-ethyl adjacent to an activating group) is 1. The van der Waals surface area contributed by atoms with Crippen molar-refractivity contribution < 1.29 is 9.47 Å². The molecule has 2 unspecified atom stereocenters. The van der Waals surface area contributed by atoms with E-state index in [9.17, 15) is 0 Å². The van der Waals surface area contributed by atoms with E-state index in [0.29, 0.717) is 5.41 Å². The van der Waals surface area contributed by atoms with Gasteiger partial charge in [-0.3, -0.25) is 0 Å². The lowest BCUT2D eigenvalue weighted by Crippen LogP contribution is -2.47. The molecular weight excluding hydrogens is 264 g/mol. The lowest BCUT2D eigenvalue weighted by Gasteiger charge is -2.43. The van der Waals surface area contributed by atoms with Gasteiger partial charge in [0.1, 0.15) is 0 Å². The molecule has 0 aromatic carbocycles. The van der Waals surface area contributed by atoms with Crippen LogP contribution in [0.3, 0.4) is 0 Å². The van der Waals surface area contributed by atoms with E-state index in [2.05, 4.69) is 24.1 Å². The molecule has 0 radical (unpaired) electrons. The predicted molar refractivity (Wildman–Crippen MR) is 88.8 cm³/mol. The zero-order valence-electron chi connectivity index (χ0n) is 14.6. The Morgan fingerprint density at radius 1 is 1.24 bits per heavy atom. The molecule has 126 valence electrons. The van der Waals surface area contributed by atoms with Crippen molar-refractivity contribution in [2.24, 2.45) is 11.3 Å². The van der Waals surface area contributed by atoms with Gasteiger partial charge in [-0.2, -0.15) is 0 Å². The monoisotopic (exact) mass is 300 g/mol. The van der Waals surface area contributed by atoms with Gasteiger partial charge in [0.15, 0.2) is 0 Å². The summed E-state index contributed by atoms with van der Waals surface area (Å²) in [5.41, 5.74) is 0.426. The van der Waals surface area contributed by atoms with E-state index in [-0.39, 0.29) is 0 Å². The predicted octanol–water partition coefficient (Wildman–Crippen LogP) is 2.39. The van der Waals surface area contributed by atoms with Gasteiger partial charge in [0.05, 0.1) is 13.2 Å². The number of methoxy groups -OCH3 is 2. The van der Waals surface area contributed by atoms with Crippen LogP contribution in [0.5, 0.6) is 0 Å². The molecule has 1 fully saturated rings. The van der Waals surface area contributed by atoms with E-state index in [1.54, 1.807) is 14.2 Å². The SMILES string of the molecule is CCN(CCOC)CC1(CNCCOC)CCCC(C)C1. The third-order valence-corrected chi connectivity index (χ3v) is 4.79. The molecule has 4 heteroatoms. The molecule has 1 aliphatic carbocycles. The highest BCUT2D eigenvalue weighted by Crippen LogP contribution is 2.39. The molecule has 1 rings (SSSR count). The summed E-state index contributed by atoms with van der Waals surface area (Å²) in [6, 6.07) is 0. The third kappa shape index (κ3) is 7.09. The van der Waals surface area contributed by atoms with Crippen molar-refractivity contribution in [2.45, 2.75) is 39.5 Å². The first-order valence-electron chi connectivity index (χ1n) is 8.56. The Bertz CT molecular complexity index is 263. The second kappa shape index (κ2) is 10.5. The quantitative estimate of drug-likeness (QED) is 0.594. The van der Waals surface area contributed by atoms with Crippen molar-refractivity contribution in [3.63, 3.8) is 0 Å². The minimum absolute atomic E-state index is 0.426. The fourth-order valence-corrected chi connectivity index (χ4v) is 3.70. The van der Waals surface area contributed by atoms with Gasteiger partial charge in [-0.1, -0.05) is 26.7 Å². The minimum atomic E-state index is 0.426. The van der Waals surface area contributed by atoms with E-state index in [1.807, 2.05) is 0 Å². The van der Waals surface area contributed by atoms with Crippen LogP contribution in [0.4, 0.5) is 0 Å². The largest absolute Gasteiger partial charge is 0.383 e. The second-order valence-electron chi connectivity index (χ2n) is 6.73. The molecular formula is C17H36N2O2. The average Bonchev–Trinajstić information content (AvgIpc) is 2.48. The average molecular weight is 300 g/mol. The Morgan fingerprint density at radius 2 is 2.00 bits per heavy atom. The number of rotatable bonds is 11. The standard InChI is InChI=1S/C17H36N2O2/c1-5-19(10-12-21-4)15-17(14-18-9-11-20-3)8-6-7-16(2)13-17/h16,18H,5-15H2,1-4H3. The molecule has 0 aromatic heterocycles. The molecule has 0 amide bonds. The first kappa shape index (κ1) is 18.9. The molecule has 1 saturated carbocycles. The van der Waals surface area contributed by atoms with Crippen LogP contribution >= 0.6 is 0 Å². The van der Waals surface area contributed by atoms with Crippen LogP contribution in [-0.2, 0) is 9.47 Å². The van der Waals surface area contributed by atoms with Gasteiger partial charge < -0.3 is 19.7 Å². The number of hydrogen-bond donors (Lipinski definition) is 1. The topological polar surface area (TPSA) is 33.7 Å². The highest BCUT2D eigenvalue weighted by Gasteiger charge is 2.35. The van der Waals surface area contributed by atoms with Crippen molar-refractivity contribution in [3.8, 4) is 0 Å². The zero-order chi connectivity index (χ0) is 15.6. The van der Waals surface area contributed by atoms with E-state index < -0.39 is 0 Å². The zero-order valence-corrected chi connectivity index (χ0v) is 14.6. The summed E-state index contributed by atoms with van der Waals surface area (Å²) in [4.78, 5) is 2.56. The summed E-state index contributed by atoms with van der Waals surface area (Å²) in [6.07, 6.45) is 5.45. The van der Waals surface area contributed by atoms with Crippen LogP contribution < -0.4 is 5.32 Å². The van der Waals surface area contributed by atoms with Crippen LogP contribution in [0, 0.1) is 11.3 Å². The first-order chi connectivity index (χ1) is 10.2. The molecule has 1 aliphatic rings. The molecule has 1 N–H and O–H groups in total. The van der Waals surface area contributed by atoms with Crippen LogP contribution in [0.15, 0.2) is 0 Å². The Morgan fingerprint density at radius 3 is 2.62 bits per heavy atom. The summed E-state index contributed by atoms with van der Waals surface area (Å²) in [7, 11) is 3.56. The summed E-state index contributed by atoms with van der Waals surface area (Å²) in [5, 5.41) is 3.62. The van der Waals surface area contributed by atoms with Crippen molar-refractivity contribution in [1.82, 2.24) is 10.2 Å². The maximum atomic E-state index is 5.26. The normalized spacial score (nSPS) is 26.4. The maximum absolute atomic E-state index is 5.26. The van der Waals surface area contributed by atoms with Gasteiger partial charge in [-0.05, 0) is 30.7 Å². The van der Waals surface area contributed by atoms with Gasteiger partial charge in [-0.25, -0.2) is 0 Å². The minimum Gasteiger partial charge on any atom is -0.383 e. The number of hydrogen-bond acceptors (Lipinski definition) is 4. The van der Waals surface area contributed by atoms with Crippen molar-refractivity contribution in [1.29, 1.82) is 0 Å². The molecule has 0 aliphatic heterocycles. The molecule has 4 nitrogen and oxygen atoms in total. The summed E-state index contributed by atoms with van der Waals surface area (Å²) in [6.45, 7) is 11.7. The smallest absolute Gasteiger partial charge is 0.0589 e. The maximum Gasteiger partial charge on any atom is 0.0589 e. The molecule has 0 heterocycles. The Balaban J connectivity index is 2.57. The fraction of sp³-hybridized carbons (Fsp3) is 1.00. The highest BCUT2D eigenvalue weighted by molar-refractivity contribution is 4.89. The lowest BCUT2D eigenvalue weighted by atomic mass is 9.69. The van der Waals surface area contributed by atoms with E-state index in [4.69, 9.17) is 9.47 Å². The molecule has 0 spiro atoms. The first-order valence-corrected chi connectivity index (χ1v) is 8.56. The molecule has 2 atom stereocenters. The van der Waals surface area contributed by atoms with Crippen LogP contribution in [0.2, 0.25) is 0 Å². The fourth-order valence-electron chi connectivity index (χ4n) is 3.70. The summed E-state index contributed by atoms with van der Waals surface area (Å²) < 4.78 is 10.4. The van der Waals surface area contributed by atoms with Crippen LogP contribution in [0.1, 0.15) is 39.5 Å². The van der Waals surface area contributed by atoms with Crippen LogP contribution in [-0.4, -0.2) is 65.1 Å². The van der Waals surface area contributed by atoms with Crippen molar-refractivity contribution in [3.05, 3.63) is 0 Å². The van der Waals surface area contributed by atoms with E-state index in [1.165, 1.54) is 32.2 Å². The van der Waals surface area contributed by atoms with E-state index >= 15 is 0 Å². The van der Waals surface area contributed by atoms with Crippen molar-refractivity contribution >= 4 is 0 Å². The lowest BCUT2D eigenvalue weighted by molar-refractivity contribution is 0.0646. The van der Waals surface area contributed by atoms with Crippen molar-refractivity contribution in [2.75, 3.05) is 60.2 Å². The number of nitrogens with zero attached hydrogens (tertiary/aromatic N) is 1. The van der Waals surface area contributed by atoms with Crippen LogP contribution in [0.25, 0.3) is 0 Å². The molecule has 21 heavy (non-hydrogen) atoms. The summed E-state index contributed by atoms with van der Waals surface area (Å²) in [5.74, 6) is 0.851. The van der Waals surface area contributed by atoms with Gasteiger partial charge in [0.2, 0.25) is 0 Å². The molecule has 0 bridgehead atoms. The second-order valence-corrected chi connectivity index (χ2v) is 6.73. The Hall–Kier alpha value is -0.160. The number of nitrogens with one attached hydrogen (secondary N) is 1. The van der Waals surface area contributed by atoms with Gasteiger partial charge in [0.25, 0.3) is 0 Å². The van der Waals surface area contributed by atoms with Gasteiger partial charge in [0, 0.05) is 40.4 Å². The third-order valence-electron chi connectivity index (χ3n) is 4.79. The van der Waals surface area contributed by atoms with E-state index in [0.717, 1.165) is 45.3 Å². The summed E-state index contributed by atoms with van der Waals surface area (Å²) >= 11 is 0.